The molecule has 0 saturated carbocycles. The van der Waals surface area contributed by atoms with Crippen LogP contribution in [0.4, 0.5) is 5.13 Å². The first kappa shape index (κ1) is 10.0. The Labute approximate surface area is 92.6 Å². The van der Waals surface area contributed by atoms with Gasteiger partial charge in [0.2, 0.25) is 5.13 Å². The molecule has 2 heterocycles. The minimum atomic E-state index is 0.781. The lowest BCUT2D eigenvalue weighted by molar-refractivity contribution is 1.10. The van der Waals surface area contributed by atoms with Gasteiger partial charge in [0.25, 0.3) is 0 Å². The summed E-state index contributed by atoms with van der Waals surface area (Å²) in [4.78, 5) is 8.48. The van der Waals surface area contributed by atoms with Gasteiger partial charge in [0, 0.05) is 36.5 Å². The maximum Gasteiger partial charge on any atom is 0.202 e. The molecule has 0 bridgehead atoms. The molecule has 15 heavy (non-hydrogen) atoms. The molecule has 2 aromatic heterocycles. The Morgan fingerprint density at radius 2 is 2.33 bits per heavy atom. The molecule has 78 valence electrons. The van der Waals surface area contributed by atoms with Crippen molar-refractivity contribution >= 4 is 16.7 Å². The first-order chi connectivity index (χ1) is 7.35. The summed E-state index contributed by atoms with van der Waals surface area (Å²) in [6.07, 6.45) is 4.58. The molecule has 0 fully saturated rings. The number of nitrogens with zero attached hydrogens (tertiary/aromatic N) is 3. The van der Waals surface area contributed by atoms with Crippen molar-refractivity contribution in [3.8, 4) is 11.4 Å². The van der Waals surface area contributed by atoms with E-state index in [-0.39, 0.29) is 0 Å². The molecule has 0 spiro atoms. The third-order valence-corrected chi connectivity index (χ3v) is 2.90. The van der Waals surface area contributed by atoms with Gasteiger partial charge in [-0.15, -0.1) is 0 Å². The molecule has 0 amide bonds. The van der Waals surface area contributed by atoms with E-state index in [1.807, 2.05) is 19.3 Å². The Bertz CT molecular complexity index is 452. The van der Waals surface area contributed by atoms with E-state index < -0.39 is 0 Å². The fourth-order valence-electron chi connectivity index (χ4n) is 1.36. The molecule has 0 aromatic carbocycles. The van der Waals surface area contributed by atoms with Gasteiger partial charge < -0.3 is 5.32 Å². The topological polar surface area (TPSA) is 50.7 Å². The Morgan fingerprint density at radius 1 is 1.47 bits per heavy atom. The van der Waals surface area contributed by atoms with Crippen molar-refractivity contribution < 1.29 is 0 Å². The molecule has 2 aromatic rings. The van der Waals surface area contributed by atoms with Crippen molar-refractivity contribution in [2.75, 3.05) is 12.4 Å². The van der Waals surface area contributed by atoms with Crippen LogP contribution in [0.15, 0.2) is 18.5 Å². The summed E-state index contributed by atoms with van der Waals surface area (Å²) in [6, 6.07) is 1.96. The normalized spacial score (nSPS) is 10.3. The molecule has 0 atom stereocenters. The predicted octanol–water partition coefficient (Wildman–Crippen LogP) is 2.20. The number of aryl methyl sites for hydroxylation is 1. The maximum atomic E-state index is 4.38. The number of pyridine rings is 1. The Hall–Kier alpha value is -1.49. The van der Waals surface area contributed by atoms with Crippen LogP contribution in [0.5, 0.6) is 0 Å². The molecule has 0 unspecified atom stereocenters. The van der Waals surface area contributed by atoms with Crippen molar-refractivity contribution in [3.05, 3.63) is 24.0 Å². The standard InChI is InChI=1S/C10H12N4S/c1-3-7-6-12-5-4-8(7)9-13-10(11-2)15-14-9/h4-6H,3H2,1-2H3,(H,11,13,14). The molecule has 0 aliphatic rings. The minimum Gasteiger partial charge on any atom is -0.363 e. The van der Waals surface area contributed by atoms with E-state index in [1.165, 1.54) is 17.1 Å². The van der Waals surface area contributed by atoms with Gasteiger partial charge in [0.05, 0.1) is 0 Å². The zero-order chi connectivity index (χ0) is 10.7. The second-order valence-electron chi connectivity index (χ2n) is 3.06. The number of anilines is 1. The fourth-order valence-corrected chi connectivity index (χ4v) is 1.89. The highest BCUT2D eigenvalue weighted by atomic mass is 32.1. The van der Waals surface area contributed by atoms with Gasteiger partial charge in [-0.3, -0.25) is 4.98 Å². The molecule has 2 rings (SSSR count). The second-order valence-corrected chi connectivity index (χ2v) is 3.81. The fraction of sp³-hybridized carbons (Fsp3) is 0.300. The maximum absolute atomic E-state index is 4.38. The van der Waals surface area contributed by atoms with Crippen molar-refractivity contribution in [2.24, 2.45) is 0 Å². The molecule has 0 aliphatic heterocycles. The van der Waals surface area contributed by atoms with E-state index in [1.54, 1.807) is 6.20 Å². The zero-order valence-corrected chi connectivity index (χ0v) is 9.51. The van der Waals surface area contributed by atoms with E-state index in [2.05, 4.69) is 26.6 Å². The summed E-state index contributed by atoms with van der Waals surface area (Å²) >= 11 is 1.37. The molecule has 1 N–H and O–H groups in total. The third kappa shape index (κ3) is 1.97. The molecule has 0 radical (unpaired) electrons. The van der Waals surface area contributed by atoms with Gasteiger partial charge in [-0.2, -0.15) is 9.36 Å². The van der Waals surface area contributed by atoms with Crippen LogP contribution in [0.25, 0.3) is 11.4 Å². The lowest BCUT2D eigenvalue weighted by Crippen LogP contribution is -1.91. The van der Waals surface area contributed by atoms with E-state index in [0.29, 0.717) is 0 Å². The van der Waals surface area contributed by atoms with Gasteiger partial charge >= 0.3 is 0 Å². The monoisotopic (exact) mass is 220 g/mol. The quantitative estimate of drug-likeness (QED) is 0.861. The smallest absolute Gasteiger partial charge is 0.202 e. The Kier molecular flexibility index (Phi) is 2.91. The molecular weight excluding hydrogens is 208 g/mol. The van der Waals surface area contributed by atoms with Crippen LogP contribution in [0.1, 0.15) is 12.5 Å². The van der Waals surface area contributed by atoms with Crippen LogP contribution in [0.3, 0.4) is 0 Å². The van der Waals surface area contributed by atoms with Crippen molar-refractivity contribution in [3.63, 3.8) is 0 Å². The summed E-state index contributed by atoms with van der Waals surface area (Å²) in [6.45, 7) is 2.10. The predicted molar refractivity (Wildman–Crippen MR) is 62.1 cm³/mol. The first-order valence-corrected chi connectivity index (χ1v) is 5.57. The highest BCUT2D eigenvalue weighted by Crippen LogP contribution is 2.23. The van der Waals surface area contributed by atoms with Gasteiger partial charge in [-0.1, -0.05) is 6.92 Å². The molecule has 0 saturated heterocycles. The zero-order valence-electron chi connectivity index (χ0n) is 8.69. The number of aromatic nitrogens is 3. The van der Waals surface area contributed by atoms with Crippen LogP contribution >= 0.6 is 11.5 Å². The van der Waals surface area contributed by atoms with Crippen LogP contribution in [0, 0.1) is 0 Å². The third-order valence-electron chi connectivity index (χ3n) is 2.17. The van der Waals surface area contributed by atoms with E-state index in [4.69, 9.17) is 0 Å². The van der Waals surface area contributed by atoms with E-state index in [0.717, 1.165) is 22.9 Å². The molecule has 0 aliphatic carbocycles. The van der Waals surface area contributed by atoms with Gasteiger partial charge in [0.15, 0.2) is 5.82 Å². The second kappa shape index (κ2) is 4.35. The molecule has 5 heteroatoms. The summed E-state index contributed by atoms with van der Waals surface area (Å²) in [7, 11) is 1.84. The highest BCUT2D eigenvalue weighted by Gasteiger charge is 2.08. The number of hydrogen-bond donors (Lipinski definition) is 1. The first-order valence-electron chi connectivity index (χ1n) is 4.80. The highest BCUT2D eigenvalue weighted by molar-refractivity contribution is 7.09. The lowest BCUT2D eigenvalue weighted by Gasteiger charge is -2.01. The van der Waals surface area contributed by atoms with Crippen molar-refractivity contribution in [2.45, 2.75) is 13.3 Å². The minimum absolute atomic E-state index is 0.781. The van der Waals surface area contributed by atoms with Gasteiger partial charge in [-0.25, -0.2) is 0 Å². The van der Waals surface area contributed by atoms with E-state index in [9.17, 15) is 0 Å². The summed E-state index contributed by atoms with van der Waals surface area (Å²) < 4.78 is 4.31. The summed E-state index contributed by atoms with van der Waals surface area (Å²) in [5.41, 5.74) is 2.25. The molecule has 4 nitrogen and oxygen atoms in total. The number of hydrogen-bond acceptors (Lipinski definition) is 5. The van der Waals surface area contributed by atoms with Gasteiger partial charge in [-0.05, 0) is 18.1 Å². The van der Waals surface area contributed by atoms with Crippen LogP contribution in [-0.4, -0.2) is 21.4 Å². The van der Waals surface area contributed by atoms with Crippen LogP contribution in [-0.2, 0) is 6.42 Å². The SMILES string of the molecule is CCc1cnccc1-c1nsc(NC)n1. The van der Waals surface area contributed by atoms with E-state index >= 15 is 0 Å². The van der Waals surface area contributed by atoms with Crippen molar-refractivity contribution in [1.82, 2.24) is 14.3 Å². The summed E-state index contributed by atoms with van der Waals surface area (Å²) in [5.74, 6) is 0.781. The van der Waals surface area contributed by atoms with Crippen molar-refractivity contribution in [1.29, 1.82) is 0 Å². The number of rotatable bonds is 3. The Balaban J connectivity index is 2.44. The molecular formula is C10H12N4S. The van der Waals surface area contributed by atoms with Gasteiger partial charge in [0.1, 0.15) is 0 Å². The Morgan fingerprint density at radius 3 is 3.00 bits per heavy atom. The van der Waals surface area contributed by atoms with Crippen LogP contribution in [0.2, 0.25) is 0 Å². The largest absolute Gasteiger partial charge is 0.363 e. The summed E-state index contributed by atoms with van der Waals surface area (Å²) in [5, 5.41) is 3.82. The average molecular weight is 220 g/mol. The van der Waals surface area contributed by atoms with Crippen LogP contribution < -0.4 is 5.32 Å². The average Bonchev–Trinajstić information content (AvgIpc) is 2.77. The lowest BCUT2D eigenvalue weighted by atomic mass is 10.1. The number of nitrogens with one attached hydrogen (secondary N) is 1.